The number of aliphatic hydroxyl groups is 8. The van der Waals surface area contributed by atoms with E-state index >= 15 is 0 Å². The van der Waals surface area contributed by atoms with Gasteiger partial charge in [-0.25, -0.2) is 0 Å². The summed E-state index contributed by atoms with van der Waals surface area (Å²) in [4.78, 5) is 13.2. The Labute approximate surface area is 436 Å². The Morgan fingerprint density at radius 3 is 1.36 bits per heavy atom. The molecule has 0 aromatic rings. The molecule has 14 nitrogen and oxygen atoms in total. The second-order valence-electron chi connectivity index (χ2n) is 20.8. The molecule has 2 fully saturated rings. The van der Waals surface area contributed by atoms with Gasteiger partial charge in [-0.15, -0.1) is 0 Å². The van der Waals surface area contributed by atoms with Gasteiger partial charge in [-0.1, -0.05) is 217 Å². The Bertz CT molecular complexity index is 1350. The van der Waals surface area contributed by atoms with E-state index in [1.165, 1.54) is 154 Å². The van der Waals surface area contributed by atoms with Gasteiger partial charge in [0.15, 0.2) is 12.6 Å². The average Bonchev–Trinajstić information content (AvgIpc) is 3.38. The molecule has 12 atom stereocenters. The minimum absolute atomic E-state index is 0.251. The highest BCUT2D eigenvalue weighted by atomic mass is 16.7. The Kier molecular flexibility index (Phi) is 40.9. The number of unbranched alkanes of at least 4 members (excludes halogenated alkanes) is 29. The standard InChI is InChI=1S/C58H107NO13/c1-3-5-7-9-11-13-15-17-19-21-23-24-25-27-29-31-33-35-37-39-41-47(62)46(59-50(63)42-40-38-36-34-32-30-28-26-22-20-18-16-14-12-10-8-6-4-2)45-69-57-55(68)53(66)56(49(44-61)71-57)72-58-54(67)52(65)51(64)48(43-60)70-58/h24-25,31,33,39,41,46-49,51-58,60-62,64-68H,3-23,26-30,32,34-38,40,42-45H2,1-2H3,(H,59,63)/b25-24+,33-31+,41-39+. The van der Waals surface area contributed by atoms with Crippen molar-refractivity contribution in [2.24, 2.45) is 0 Å². The summed E-state index contributed by atoms with van der Waals surface area (Å²) in [6, 6.07) is -0.935. The van der Waals surface area contributed by atoms with Crippen LogP contribution in [0.15, 0.2) is 36.5 Å². The smallest absolute Gasteiger partial charge is 0.220 e. The Morgan fingerprint density at radius 1 is 0.486 bits per heavy atom. The molecular weight excluding hydrogens is 919 g/mol. The number of hydrogen-bond acceptors (Lipinski definition) is 13. The van der Waals surface area contributed by atoms with Gasteiger partial charge in [-0.05, 0) is 44.9 Å². The molecule has 0 aliphatic carbocycles. The molecular formula is C58H107NO13. The van der Waals surface area contributed by atoms with E-state index in [-0.39, 0.29) is 18.9 Å². The lowest BCUT2D eigenvalue weighted by Crippen LogP contribution is -2.65. The monoisotopic (exact) mass is 1030 g/mol. The van der Waals surface area contributed by atoms with Crippen LogP contribution in [0.25, 0.3) is 0 Å². The van der Waals surface area contributed by atoms with Crippen LogP contribution in [0, 0.1) is 0 Å². The van der Waals surface area contributed by atoms with Crippen molar-refractivity contribution in [3.63, 3.8) is 0 Å². The van der Waals surface area contributed by atoms with Gasteiger partial charge < -0.3 is 65.1 Å². The van der Waals surface area contributed by atoms with E-state index in [0.29, 0.717) is 12.8 Å². The van der Waals surface area contributed by atoms with Crippen LogP contribution in [0.2, 0.25) is 0 Å². The number of nitrogens with one attached hydrogen (secondary N) is 1. The summed E-state index contributed by atoms with van der Waals surface area (Å²) in [5.41, 5.74) is 0. The lowest BCUT2D eigenvalue weighted by Gasteiger charge is -2.46. The van der Waals surface area contributed by atoms with E-state index in [9.17, 15) is 45.6 Å². The first-order chi connectivity index (χ1) is 35.1. The second kappa shape index (κ2) is 44.3. The summed E-state index contributed by atoms with van der Waals surface area (Å²) in [7, 11) is 0. The third-order valence-electron chi connectivity index (χ3n) is 14.3. The molecule has 2 heterocycles. The quantitative estimate of drug-likeness (QED) is 0.0205. The van der Waals surface area contributed by atoms with Gasteiger partial charge in [0.2, 0.25) is 5.91 Å². The number of ether oxygens (including phenoxy) is 4. The number of allylic oxidation sites excluding steroid dienone is 5. The number of amides is 1. The Hall–Kier alpha value is -1.79. The van der Waals surface area contributed by atoms with Crippen molar-refractivity contribution in [3.8, 4) is 0 Å². The maximum atomic E-state index is 13.2. The SMILES string of the molecule is CCCCCCCCCCCC/C=C/CC/C=C/CC/C=C/C(O)C(COC1OC(CO)C(OC2OC(CO)C(O)C(O)C2O)C(O)C1O)NC(=O)CCCCCCCCCCCCCCCCCCCC. The highest BCUT2D eigenvalue weighted by Crippen LogP contribution is 2.30. The molecule has 2 saturated heterocycles. The number of aliphatic hydroxyl groups excluding tert-OH is 8. The van der Waals surface area contributed by atoms with Crippen molar-refractivity contribution in [1.82, 2.24) is 5.32 Å². The van der Waals surface area contributed by atoms with Crippen LogP contribution in [-0.2, 0) is 23.7 Å². The van der Waals surface area contributed by atoms with Gasteiger partial charge in [0.1, 0.15) is 48.8 Å². The maximum absolute atomic E-state index is 13.2. The lowest BCUT2D eigenvalue weighted by atomic mass is 9.97. The van der Waals surface area contributed by atoms with Gasteiger partial charge >= 0.3 is 0 Å². The highest BCUT2D eigenvalue weighted by molar-refractivity contribution is 5.76. The number of hydrogen-bond donors (Lipinski definition) is 9. The van der Waals surface area contributed by atoms with Crippen LogP contribution in [0.4, 0.5) is 0 Å². The van der Waals surface area contributed by atoms with Crippen LogP contribution >= 0.6 is 0 Å². The summed E-state index contributed by atoms with van der Waals surface area (Å²) < 4.78 is 22.7. The average molecular weight is 1030 g/mol. The fraction of sp³-hybridized carbons (Fsp3) is 0.879. The number of rotatable bonds is 46. The molecule has 2 aliphatic heterocycles. The van der Waals surface area contributed by atoms with E-state index in [1.807, 2.05) is 6.08 Å². The van der Waals surface area contributed by atoms with Gasteiger partial charge in [0.25, 0.3) is 0 Å². The third kappa shape index (κ3) is 30.1. The molecule has 72 heavy (non-hydrogen) atoms. The van der Waals surface area contributed by atoms with Crippen LogP contribution in [-0.4, -0.2) is 140 Å². The minimum Gasteiger partial charge on any atom is -0.394 e. The Morgan fingerprint density at radius 2 is 0.889 bits per heavy atom. The van der Waals surface area contributed by atoms with Crippen molar-refractivity contribution in [2.75, 3.05) is 19.8 Å². The highest BCUT2D eigenvalue weighted by Gasteiger charge is 2.51. The molecule has 0 bridgehead atoms. The summed E-state index contributed by atoms with van der Waals surface area (Å²) in [5.74, 6) is -0.251. The molecule has 0 saturated carbocycles. The summed E-state index contributed by atoms with van der Waals surface area (Å²) in [6.45, 7) is 2.79. The largest absolute Gasteiger partial charge is 0.394 e. The normalized spacial score (nSPS) is 25.8. The van der Waals surface area contributed by atoms with Gasteiger partial charge in [-0.2, -0.15) is 0 Å². The molecule has 0 radical (unpaired) electrons. The lowest BCUT2D eigenvalue weighted by molar-refractivity contribution is -0.359. The van der Waals surface area contributed by atoms with Crippen molar-refractivity contribution >= 4 is 5.91 Å². The summed E-state index contributed by atoms with van der Waals surface area (Å²) in [6.07, 6.45) is 36.1. The summed E-state index contributed by atoms with van der Waals surface area (Å²) >= 11 is 0. The first kappa shape index (κ1) is 66.3. The fourth-order valence-corrected chi connectivity index (χ4v) is 9.56. The van der Waals surface area contributed by atoms with E-state index < -0.39 is 86.8 Å². The third-order valence-corrected chi connectivity index (χ3v) is 14.3. The van der Waals surface area contributed by atoms with E-state index in [4.69, 9.17) is 18.9 Å². The van der Waals surface area contributed by atoms with Crippen LogP contribution in [0.3, 0.4) is 0 Å². The zero-order valence-electron chi connectivity index (χ0n) is 45.2. The zero-order chi connectivity index (χ0) is 52.4. The van der Waals surface area contributed by atoms with E-state index in [0.717, 1.165) is 44.9 Å². The second-order valence-corrected chi connectivity index (χ2v) is 20.8. The topological polar surface area (TPSA) is 228 Å². The van der Waals surface area contributed by atoms with Crippen LogP contribution < -0.4 is 5.32 Å². The van der Waals surface area contributed by atoms with Crippen molar-refractivity contribution in [3.05, 3.63) is 36.5 Å². The van der Waals surface area contributed by atoms with Crippen molar-refractivity contribution in [1.29, 1.82) is 0 Å². The molecule has 12 unspecified atom stereocenters. The van der Waals surface area contributed by atoms with Crippen molar-refractivity contribution < 1.29 is 64.6 Å². The van der Waals surface area contributed by atoms with Crippen LogP contribution in [0.1, 0.15) is 232 Å². The minimum atomic E-state index is -1.79. The van der Waals surface area contributed by atoms with Gasteiger partial charge in [0.05, 0.1) is 32.0 Å². The molecule has 0 spiro atoms. The zero-order valence-corrected chi connectivity index (χ0v) is 45.2. The first-order valence-corrected chi connectivity index (χ1v) is 29.2. The van der Waals surface area contributed by atoms with Gasteiger partial charge in [0, 0.05) is 6.42 Å². The molecule has 14 heteroatoms. The first-order valence-electron chi connectivity index (χ1n) is 29.2. The van der Waals surface area contributed by atoms with E-state index in [1.54, 1.807) is 6.08 Å². The number of carbonyl (C=O) groups excluding carboxylic acids is 1. The maximum Gasteiger partial charge on any atom is 0.220 e. The molecule has 422 valence electrons. The molecule has 9 N–H and O–H groups in total. The molecule has 2 rings (SSSR count). The summed E-state index contributed by atoms with van der Waals surface area (Å²) in [5, 5.41) is 87.0. The predicted molar refractivity (Wildman–Crippen MR) is 286 cm³/mol. The predicted octanol–water partition coefficient (Wildman–Crippen LogP) is 9.44. The molecule has 1 amide bonds. The van der Waals surface area contributed by atoms with Gasteiger partial charge in [-0.3, -0.25) is 4.79 Å². The molecule has 2 aliphatic rings. The fourth-order valence-electron chi connectivity index (χ4n) is 9.56. The molecule has 0 aromatic carbocycles. The van der Waals surface area contributed by atoms with E-state index in [2.05, 4.69) is 43.5 Å². The molecule has 0 aromatic heterocycles. The van der Waals surface area contributed by atoms with Crippen LogP contribution in [0.5, 0.6) is 0 Å². The van der Waals surface area contributed by atoms with Crippen molar-refractivity contribution in [2.45, 2.75) is 306 Å². The Balaban J connectivity index is 1.81. The number of carbonyl (C=O) groups is 1.